The normalized spacial score (nSPS) is 24.6. The minimum Gasteiger partial charge on any atom is -0.465 e. The number of hydrogen-bond acceptors (Lipinski definition) is 5. The van der Waals surface area contributed by atoms with Crippen LogP contribution in [-0.4, -0.2) is 48.4 Å². The second kappa shape index (κ2) is 8.24. The van der Waals surface area contributed by atoms with E-state index in [0.29, 0.717) is 18.5 Å². The molecule has 0 radical (unpaired) electrons. The molecule has 174 valence electrons. The second-order valence-electron chi connectivity index (χ2n) is 10.4. The monoisotopic (exact) mass is 456 g/mol. The number of likely N-dealkylation sites (tertiary alicyclic amines) is 1. The number of amides is 1. The highest BCUT2D eigenvalue weighted by molar-refractivity contribution is 5.78. The zero-order valence-corrected chi connectivity index (χ0v) is 19.6. The molecular weight excluding hydrogens is 428 g/mol. The number of aromatic nitrogens is 4. The van der Waals surface area contributed by atoms with Crippen LogP contribution in [0.2, 0.25) is 0 Å². The smallest absolute Gasteiger partial charge is 0.407 e. The Morgan fingerprint density at radius 1 is 1.24 bits per heavy atom. The first kappa shape index (κ1) is 22.1. The van der Waals surface area contributed by atoms with E-state index in [1.54, 1.807) is 12.3 Å². The maximum Gasteiger partial charge on any atom is 0.407 e. The molecule has 1 saturated heterocycles. The molecular formula is C26H28N6O2. The van der Waals surface area contributed by atoms with E-state index in [1.807, 2.05) is 41.4 Å². The van der Waals surface area contributed by atoms with Crippen LogP contribution in [0.5, 0.6) is 0 Å². The van der Waals surface area contributed by atoms with Gasteiger partial charge in [0.2, 0.25) is 0 Å². The second-order valence-corrected chi connectivity index (χ2v) is 10.4. The van der Waals surface area contributed by atoms with Crippen LogP contribution in [-0.2, 0) is 0 Å². The molecule has 0 spiro atoms. The first-order valence-electron chi connectivity index (χ1n) is 11.6. The Kier molecular flexibility index (Phi) is 5.35. The van der Waals surface area contributed by atoms with Gasteiger partial charge in [0, 0.05) is 36.3 Å². The van der Waals surface area contributed by atoms with Gasteiger partial charge in [0.25, 0.3) is 0 Å². The molecule has 1 saturated carbocycles. The predicted octanol–water partition coefficient (Wildman–Crippen LogP) is 5.02. The number of fused-ring (bicyclic) bond motifs is 1. The lowest BCUT2D eigenvalue weighted by atomic mass is 9.69. The van der Waals surface area contributed by atoms with Crippen LogP contribution in [0.3, 0.4) is 0 Å². The quantitative estimate of drug-likeness (QED) is 0.553. The van der Waals surface area contributed by atoms with Crippen LogP contribution in [0.1, 0.15) is 51.1 Å². The molecule has 2 aromatic heterocycles. The molecule has 0 bridgehead atoms. The summed E-state index contributed by atoms with van der Waals surface area (Å²) in [6.07, 6.45) is 10.2. The lowest BCUT2D eigenvalue weighted by Gasteiger charge is -2.53. The summed E-state index contributed by atoms with van der Waals surface area (Å²) in [6.45, 7) is 6.75. The number of hydrogen-bond donors (Lipinski definition) is 1. The number of nitrogens with zero attached hydrogens (tertiary/aromatic N) is 6. The summed E-state index contributed by atoms with van der Waals surface area (Å²) in [6, 6.07) is 8.38. The number of carboxylic acid groups (broad SMARTS) is 1. The lowest BCUT2D eigenvalue weighted by molar-refractivity contribution is -0.00157. The molecule has 34 heavy (non-hydrogen) atoms. The van der Waals surface area contributed by atoms with Gasteiger partial charge in [-0.3, -0.25) is 9.67 Å². The first-order chi connectivity index (χ1) is 16.2. The third-order valence-electron chi connectivity index (χ3n) is 7.10. The van der Waals surface area contributed by atoms with Crippen molar-refractivity contribution < 1.29 is 9.90 Å². The highest BCUT2D eigenvalue weighted by Crippen LogP contribution is 2.44. The third kappa shape index (κ3) is 3.92. The average Bonchev–Trinajstić information content (AvgIpc) is 3.19. The number of rotatable bonds is 4. The first-order valence-corrected chi connectivity index (χ1v) is 11.6. The molecule has 2 aliphatic rings. The SMILES string of the molecule is CC(C)(C)C1C(c2ccc3ncc(-c4cnn(C5CC(C=CC#N)C5)c4)nc3c2)CN1C(=O)O. The van der Waals surface area contributed by atoms with Gasteiger partial charge in [-0.15, -0.1) is 0 Å². The molecule has 3 heterocycles. The van der Waals surface area contributed by atoms with Gasteiger partial charge in [0.15, 0.2) is 0 Å². The van der Waals surface area contributed by atoms with Crippen molar-refractivity contribution in [1.29, 1.82) is 5.26 Å². The summed E-state index contributed by atoms with van der Waals surface area (Å²) in [7, 11) is 0. The van der Waals surface area contributed by atoms with E-state index in [4.69, 9.17) is 10.2 Å². The fourth-order valence-electron chi connectivity index (χ4n) is 5.31. The summed E-state index contributed by atoms with van der Waals surface area (Å²) in [5, 5.41) is 22.8. The molecule has 2 unspecified atom stereocenters. The molecule has 8 heteroatoms. The van der Waals surface area contributed by atoms with Gasteiger partial charge in [-0.1, -0.05) is 32.9 Å². The lowest BCUT2D eigenvalue weighted by Crippen LogP contribution is -2.62. The molecule has 2 atom stereocenters. The van der Waals surface area contributed by atoms with Crippen molar-refractivity contribution in [1.82, 2.24) is 24.6 Å². The zero-order valence-electron chi connectivity index (χ0n) is 19.6. The fraction of sp³-hybridized carbons (Fsp3) is 0.423. The largest absolute Gasteiger partial charge is 0.465 e. The van der Waals surface area contributed by atoms with Crippen molar-refractivity contribution in [3.63, 3.8) is 0 Å². The fourth-order valence-corrected chi connectivity index (χ4v) is 5.31. The van der Waals surface area contributed by atoms with Crippen molar-refractivity contribution in [2.45, 2.75) is 51.6 Å². The van der Waals surface area contributed by atoms with Crippen molar-refractivity contribution in [2.75, 3.05) is 6.54 Å². The Balaban J connectivity index is 1.37. The van der Waals surface area contributed by atoms with Crippen LogP contribution >= 0.6 is 0 Å². The maximum atomic E-state index is 11.6. The number of nitriles is 1. The van der Waals surface area contributed by atoms with Crippen molar-refractivity contribution in [3.8, 4) is 17.3 Å². The maximum absolute atomic E-state index is 11.6. The van der Waals surface area contributed by atoms with E-state index in [-0.39, 0.29) is 17.4 Å². The Hall–Kier alpha value is -3.73. The van der Waals surface area contributed by atoms with Gasteiger partial charge < -0.3 is 10.0 Å². The van der Waals surface area contributed by atoms with Crippen LogP contribution in [0.25, 0.3) is 22.3 Å². The number of benzene rings is 1. The predicted molar refractivity (Wildman–Crippen MR) is 128 cm³/mol. The zero-order chi connectivity index (χ0) is 24.0. The average molecular weight is 457 g/mol. The Morgan fingerprint density at radius 2 is 2.03 bits per heavy atom. The molecule has 3 aromatic rings. The minimum absolute atomic E-state index is 0.0777. The minimum atomic E-state index is -0.866. The Morgan fingerprint density at radius 3 is 2.74 bits per heavy atom. The molecule has 8 nitrogen and oxygen atoms in total. The van der Waals surface area contributed by atoms with E-state index in [0.717, 1.165) is 40.7 Å². The van der Waals surface area contributed by atoms with Gasteiger partial charge in [0.1, 0.15) is 0 Å². The topological polar surface area (TPSA) is 108 Å². The van der Waals surface area contributed by atoms with Crippen molar-refractivity contribution in [3.05, 3.63) is 54.5 Å². The Labute approximate surface area is 198 Å². The Bertz CT molecular complexity index is 1310. The van der Waals surface area contributed by atoms with Gasteiger partial charge in [-0.2, -0.15) is 10.4 Å². The third-order valence-corrected chi connectivity index (χ3v) is 7.10. The molecule has 5 rings (SSSR count). The summed E-state index contributed by atoms with van der Waals surface area (Å²) in [5.41, 5.74) is 4.23. The van der Waals surface area contributed by atoms with Gasteiger partial charge in [-0.05, 0) is 41.9 Å². The van der Waals surface area contributed by atoms with Crippen molar-refractivity contribution in [2.24, 2.45) is 11.3 Å². The van der Waals surface area contributed by atoms with Gasteiger partial charge in [-0.25, -0.2) is 9.78 Å². The van der Waals surface area contributed by atoms with Crippen LogP contribution < -0.4 is 0 Å². The molecule has 1 amide bonds. The summed E-state index contributed by atoms with van der Waals surface area (Å²) in [5.74, 6) is 0.576. The molecule has 1 aromatic carbocycles. The summed E-state index contributed by atoms with van der Waals surface area (Å²) in [4.78, 5) is 22.7. The summed E-state index contributed by atoms with van der Waals surface area (Å²) < 4.78 is 1.98. The highest BCUT2D eigenvalue weighted by Gasteiger charge is 2.48. The number of carbonyl (C=O) groups is 1. The number of allylic oxidation sites excluding steroid dienone is 2. The van der Waals surface area contributed by atoms with Gasteiger partial charge in [0.05, 0.1) is 41.2 Å². The molecule has 1 aliphatic carbocycles. The van der Waals surface area contributed by atoms with E-state index < -0.39 is 6.09 Å². The molecule has 1 aliphatic heterocycles. The summed E-state index contributed by atoms with van der Waals surface area (Å²) >= 11 is 0. The van der Waals surface area contributed by atoms with Crippen LogP contribution in [0, 0.1) is 22.7 Å². The van der Waals surface area contributed by atoms with E-state index in [9.17, 15) is 9.90 Å². The van der Waals surface area contributed by atoms with Crippen LogP contribution in [0.15, 0.2) is 48.9 Å². The van der Waals surface area contributed by atoms with Crippen molar-refractivity contribution >= 4 is 17.1 Å². The highest BCUT2D eigenvalue weighted by atomic mass is 16.4. The van der Waals surface area contributed by atoms with Crippen LogP contribution in [0.4, 0.5) is 4.79 Å². The van der Waals surface area contributed by atoms with E-state index in [2.05, 4.69) is 36.9 Å². The van der Waals surface area contributed by atoms with Gasteiger partial charge >= 0.3 is 6.09 Å². The van der Waals surface area contributed by atoms with E-state index >= 15 is 0 Å². The van der Waals surface area contributed by atoms with E-state index in [1.165, 1.54) is 4.90 Å². The standard InChI is InChI=1S/C26H28N6O2/c1-26(2,3)24-20(15-31(24)25(33)34)17-6-7-21-22(11-17)30-23(13-28-21)18-12-29-32(14-18)19-9-16(10-19)5-4-8-27/h4-7,11-14,16,19-20,24H,9-10,15H2,1-3H3,(H,33,34). The molecule has 1 N–H and O–H groups in total. The molecule has 2 fully saturated rings.